The third-order valence-corrected chi connectivity index (χ3v) is 6.43. The second-order valence-corrected chi connectivity index (χ2v) is 7.63. The van der Waals surface area contributed by atoms with E-state index in [-0.39, 0.29) is 0 Å². The largest absolute Gasteiger partial charge is 0.314 e. The van der Waals surface area contributed by atoms with Gasteiger partial charge in [-0.05, 0) is 93.9 Å². The maximum absolute atomic E-state index is 3.87. The molecule has 0 aromatic heterocycles. The minimum atomic E-state index is 0.798. The molecule has 5 fully saturated rings. The molecular weight excluding hydrogens is 206 g/mol. The van der Waals surface area contributed by atoms with Gasteiger partial charge in [0.25, 0.3) is 0 Å². The fourth-order valence-corrected chi connectivity index (χ4v) is 5.46. The van der Waals surface area contributed by atoms with Crippen molar-refractivity contribution in [3.05, 3.63) is 0 Å². The van der Waals surface area contributed by atoms with Crippen LogP contribution in [0.2, 0.25) is 0 Å². The van der Waals surface area contributed by atoms with E-state index in [9.17, 15) is 0 Å². The van der Waals surface area contributed by atoms with E-state index in [1.165, 1.54) is 19.4 Å². The Balaban J connectivity index is 1.37. The number of hydrogen-bond acceptors (Lipinski definition) is 1. The summed E-state index contributed by atoms with van der Waals surface area (Å²) in [5, 5.41) is 3.87. The molecule has 0 aliphatic heterocycles. The van der Waals surface area contributed by atoms with Gasteiger partial charge < -0.3 is 5.32 Å². The summed E-state index contributed by atoms with van der Waals surface area (Å²) in [6.07, 6.45) is 10.9. The van der Waals surface area contributed by atoms with Crippen molar-refractivity contribution in [1.29, 1.82) is 0 Å². The normalized spacial score (nSPS) is 49.6. The van der Waals surface area contributed by atoms with Crippen LogP contribution in [-0.4, -0.2) is 12.6 Å². The summed E-state index contributed by atoms with van der Waals surface area (Å²) in [7, 11) is 0. The SMILES string of the molecule is CC(NCC1C2CC3CC(C2)CC1C3)C1CC1. The summed E-state index contributed by atoms with van der Waals surface area (Å²) in [4.78, 5) is 0. The molecule has 5 saturated carbocycles. The first-order chi connectivity index (χ1) is 8.29. The van der Waals surface area contributed by atoms with Crippen LogP contribution >= 0.6 is 0 Å². The monoisotopic (exact) mass is 233 g/mol. The molecule has 1 N–H and O–H groups in total. The van der Waals surface area contributed by atoms with Crippen LogP contribution in [0.5, 0.6) is 0 Å². The highest BCUT2D eigenvalue weighted by Crippen LogP contribution is 2.56. The molecule has 1 nitrogen and oxygen atoms in total. The Labute approximate surface area is 106 Å². The Hall–Kier alpha value is -0.0400. The maximum atomic E-state index is 3.87. The summed E-state index contributed by atoms with van der Waals surface area (Å²) in [6, 6.07) is 0.798. The Bertz CT molecular complexity index is 266. The van der Waals surface area contributed by atoms with Gasteiger partial charge in [-0.3, -0.25) is 0 Å². The average Bonchev–Trinajstić information content (AvgIpc) is 3.10. The lowest BCUT2D eigenvalue weighted by Gasteiger charge is -2.54. The topological polar surface area (TPSA) is 12.0 Å². The molecule has 5 rings (SSSR count). The number of rotatable bonds is 4. The molecule has 0 aromatic rings. The molecule has 1 unspecified atom stereocenters. The van der Waals surface area contributed by atoms with Crippen LogP contribution < -0.4 is 5.32 Å². The summed E-state index contributed by atoms with van der Waals surface area (Å²) in [5.41, 5.74) is 0. The van der Waals surface area contributed by atoms with Gasteiger partial charge in [-0.1, -0.05) is 0 Å². The van der Waals surface area contributed by atoms with Crippen LogP contribution in [0.25, 0.3) is 0 Å². The molecule has 0 spiro atoms. The Kier molecular flexibility index (Phi) is 2.54. The highest BCUT2D eigenvalue weighted by molar-refractivity contribution is 4.99. The van der Waals surface area contributed by atoms with E-state index >= 15 is 0 Å². The van der Waals surface area contributed by atoms with Crippen molar-refractivity contribution in [3.8, 4) is 0 Å². The van der Waals surface area contributed by atoms with Crippen LogP contribution in [0.3, 0.4) is 0 Å². The lowest BCUT2D eigenvalue weighted by atomic mass is 9.52. The molecule has 0 saturated heterocycles. The molecule has 0 radical (unpaired) electrons. The number of nitrogens with one attached hydrogen (secondary N) is 1. The van der Waals surface area contributed by atoms with E-state index in [1.807, 2.05) is 0 Å². The lowest BCUT2D eigenvalue weighted by Crippen LogP contribution is -2.49. The van der Waals surface area contributed by atoms with Gasteiger partial charge in [-0.15, -0.1) is 0 Å². The molecule has 5 aliphatic rings. The summed E-state index contributed by atoms with van der Waals surface area (Å²) in [6.45, 7) is 3.75. The number of hydrogen-bond donors (Lipinski definition) is 1. The van der Waals surface area contributed by atoms with E-state index in [0.717, 1.165) is 41.5 Å². The zero-order valence-corrected chi connectivity index (χ0v) is 11.2. The smallest absolute Gasteiger partial charge is 0.00671 e. The molecule has 5 aliphatic carbocycles. The summed E-state index contributed by atoms with van der Waals surface area (Å²) in [5.74, 6) is 6.54. The molecule has 1 atom stereocenters. The molecule has 0 heterocycles. The second-order valence-electron chi connectivity index (χ2n) is 7.63. The van der Waals surface area contributed by atoms with Gasteiger partial charge >= 0.3 is 0 Å². The van der Waals surface area contributed by atoms with Gasteiger partial charge in [0.1, 0.15) is 0 Å². The summed E-state index contributed by atoms with van der Waals surface area (Å²) >= 11 is 0. The van der Waals surface area contributed by atoms with Gasteiger partial charge in [-0.25, -0.2) is 0 Å². The van der Waals surface area contributed by atoms with Crippen molar-refractivity contribution in [3.63, 3.8) is 0 Å². The average molecular weight is 233 g/mol. The highest BCUT2D eigenvalue weighted by Gasteiger charge is 2.47. The highest BCUT2D eigenvalue weighted by atomic mass is 14.9. The van der Waals surface area contributed by atoms with Crippen molar-refractivity contribution < 1.29 is 0 Å². The molecule has 0 aromatic carbocycles. The third-order valence-electron chi connectivity index (χ3n) is 6.43. The maximum Gasteiger partial charge on any atom is 0.00671 e. The van der Waals surface area contributed by atoms with E-state index in [4.69, 9.17) is 0 Å². The second kappa shape index (κ2) is 3.98. The first kappa shape index (κ1) is 10.8. The molecule has 96 valence electrons. The van der Waals surface area contributed by atoms with Crippen molar-refractivity contribution >= 4 is 0 Å². The molecule has 1 heteroatoms. The van der Waals surface area contributed by atoms with Crippen molar-refractivity contribution in [2.24, 2.45) is 35.5 Å². The van der Waals surface area contributed by atoms with Crippen LogP contribution in [-0.2, 0) is 0 Å². The molecule has 4 bridgehead atoms. The Morgan fingerprint density at radius 3 is 2.06 bits per heavy atom. The quantitative estimate of drug-likeness (QED) is 0.784. The summed E-state index contributed by atoms with van der Waals surface area (Å²) < 4.78 is 0. The van der Waals surface area contributed by atoms with Crippen molar-refractivity contribution in [1.82, 2.24) is 5.32 Å². The minimum Gasteiger partial charge on any atom is -0.314 e. The van der Waals surface area contributed by atoms with Gasteiger partial charge in [0.15, 0.2) is 0 Å². The van der Waals surface area contributed by atoms with Crippen LogP contribution in [0.15, 0.2) is 0 Å². The Morgan fingerprint density at radius 2 is 1.53 bits per heavy atom. The molecular formula is C16H27N. The third kappa shape index (κ3) is 1.95. The van der Waals surface area contributed by atoms with Crippen LogP contribution in [0.4, 0.5) is 0 Å². The Morgan fingerprint density at radius 1 is 0.941 bits per heavy atom. The minimum absolute atomic E-state index is 0.798. The van der Waals surface area contributed by atoms with E-state index < -0.39 is 0 Å². The fraction of sp³-hybridized carbons (Fsp3) is 1.00. The van der Waals surface area contributed by atoms with E-state index in [1.54, 1.807) is 32.1 Å². The molecule has 0 amide bonds. The van der Waals surface area contributed by atoms with Gasteiger partial charge in [0.2, 0.25) is 0 Å². The van der Waals surface area contributed by atoms with Gasteiger partial charge in [0, 0.05) is 6.04 Å². The first-order valence-electron chi connectivity index (χ1n) is 8.03. The van der Waals surface area contributed by atoms with Crippen LogP contribution in [0, 0.1) is 35.5 Å². The van der Waals surface area contributed by atoms with Gasteiger partial charge in [0.05, 0.1) is 0 Å². The van der Waals surface area contributed by atoms with E-state index in [0.29, 0.717) is 0 Å². The van der Waals surface area contributed by atoms with Crippen molar-refractivity contribution in [2.75, 3.05) is 6.54 Å². The first-order valence-corrected chi connectivity index (χ1v) is 8.03. The van der Waals surface area contributed by atoms with E-state index in [2.05, 4.69) is 12.2 Å². The standard InChI is InChI=1S/C16H27N/c1-10(13-2-3-13)17-9-16-14-5-11-4-12(7-14)8-15(16)6-11/h10-17H,2-9H2,1H3. The van der Waals surface area contributed by atoms with Crippen LogP contribution in [0.1, 0.15) is 51.9 Å². The van der Waals surface area contributed by atoms with Gasteiger partial charge in [-0.2, -0.15) is 0 Å². The zero-order valence-electron chi connectivity index (χ0n) is 11.2. The predicted molar refractivity (Wildman–Crippen MR) is 70.7 cm³/mol. The zero-order chi connectivity index (χ0) is 11.4. The fourth-order valence-electron chi connectivity index (χ4n) is 5.46. The predicted octanol–water partition coefficient (Wildman–Crippen LogP) is 3.45. The van der Waals surface area contributed by atoms with Crippen molar-refractivity contribution in [2.45, 2.75) is 57.9 Å². The lowest BCUT2D eigenvalue weighted by molar-refractivity contribution is -0.0363. The molecule has 17 heavy (non-hydrogen) atoms.